The van der Waals surface area contributed by atoms with Crippen molar-refractivity contribution in [3.8, 4) is 16.8 Å². The van der Waals surface area contributed by atoms with E-state index in [1.54, 1.807) is 48.4 Å². The summed E-state index contributed by atoms with van der Waals surface area (Å²) in [5.41, 5.74) is 6.70. The fraction of sp³-hybridized carbons (Fsp3) is 0.115. The maximum atomic E-state index is 13.3. The molecule has 0 unspecified atom stereocenters. The highest BCUT2D eigenvalue weighted by molar-refractivity contribution is 6.07. The Labute approximate surface area is 185 Å². The normalized spacial score (nSPS) is 11.5. The van der Waals surface area contributed by atoms with E-state index in [0.717, 1.165) is 17.5 Å². The van der Waals surface area contributed by atoms with Crippen LogP contribution in [0.15, 0.2) is 79.4 Å². The smallest absolute Gasteiger partial charge is 0.338 e. The molecule has 1 N–H and O–H groups in total. The summed E-state index contributed by atoms with van der Waals surface area (Å²) in [7, 11) is 0. The zero-order valence-electron chi connectivity index (χ0n) is 17.5. The van der Waals surface area contributed by atoms with Crippen LogP contribution in [0.1, 0.15) is 38.8 Å². The summed E-state index contributed by atoms with van der Waals surface area (Å²) in [6, 6.07) is 19.2. The molecule has 0 bridgehead atoms. The van der Waals surface area contributed by atoms with Crippen molar-refractivity contribution in [2.45, 2.75) is 13.3 Å². The van der Waals surface area contributed by atoms with Crippen molar-refractivity contribution in [3.63, 3.8) is 0 Å². The van der Waals surface area contributed by atoms with Gasteiger partial charge >= 0.3 is 5.97 Å². The Morgan fingerprint density at radius 2 is 1.91 bits per heavy atom. The highest BCUT2D eigenvalue weighted by Gasteiger charge is 2.23. The Morgan fingerprint density at radius 1 is 1.06 bits per heavy atom. The Morgan fingerprint density at radius 3 is 2.72 bits per heavy atom. The van der Waals surface area contributed by atoms with Crippen LogP contribution in [0.25, 0.3) is 16.8 Å². The summed E-state index contributed by atoms with van der Waals surface area (Å²) in [5, 5.41) is 2.97. The van der Waals surface area contributed by atoms with Crippen LogP contribution in [0.2, 0.25) is 0 Å². The Kier molecular flexibility index (Phi) is 5.03. The number of rotatable bonds is 5. The van der Waals surface area contributed by atoms with Gasteiger partial charge in [-0.15, -0.1) is 0 Å². The van der Waals surface area contributed by atoms with Crippen LogP contribution >= 0.6 is 0 Å². The van der Waals surface area contributed by atoms with Gasteiger partial charge in [0, 0.05) is 29.3 Å². The van der Waals surface area contributed by atoms with Crippen molar-refractivity contribution in [1.82, 2.24) is 9.55 Å². The number of carbonyl (C=O) groups is 2. The number of fused-ring (bicyclic) bond motifs is 3. The number of aromatic nitrogens is 2. The van der Waals surface area contributed by atoms with E-state index in [9.17, 15) is 9.59 Å². The molecule has 0 fully saturated rings. The van der Waals surface area contributed by atoms with E-state index < -0.39 is 5.97 Å². The minimum Gasteiger partial charge on any atom is -0.462 e. The molecule has 6 nitrogen and oxygen atoms in total. The average Bonchev–Trinajstić information content (AvgIpc) is 3.47. The Hall–Kier alpha value is -4.19. The third-order valence-corrected chi connectivity index (χ3v) is 5.58. The largest absolute Gasteiger partial charge is 0.462 e. The lowest BCUT2D eigenvalue weighted by Gasteiger charge is -2.13. The molecule has 0 spiro atoms. The first-order valence-corrected chi connectivity index (χ1v) is 10.5. The number of hydrogen-bond donors (Lipinski definition) is 1. The lowest BCUT2D eigenvalue weighted by Crippen LogP contribution is -2.15. The van der Waals surface area contributed by atoms with Crippen molar-refractivity contribution in [3.05, 3.63) is 102 Å². The Bertz CT molecular complexity index is 1330. The van der Waals surface area contributed by atoms with Crippen LogP contribution in [0.5, 0.6) is 0 Å². The molecular weight excluding hydrogens is 402 g/mol. The topological polar surface area (TPSA) is 73.2 Å². The number of anilines is 1. The molecule has 6 heteroatoms. The number of nitrogens with one attached hydrogen (secondary N) is 1. The van der Waals surface area contributed by atoms with Gasteiger partial charge in [0.15, 0.2) is 0 Å². The predicted molar refractivity (Wildman–Crippen MR) is 122 cm³/mol. The number of ether oxygens (including phenoxy) is 1. The fourth-order valence-corrected chi connectivity index (χ4v) is 4.14. The van der Waals surface area contributed by atoms with E-state index in [1.165, 1.54) is 11.1 Å². The molecule has 1 aromatic heterocycles. The third-order valence-electron chi connectivity index (χ3n) is 5.58. The van der Waals surface area contributed by atoms with Crippen LogP contribution < -0.4 is 5.32 Å². The quantitative estimate of drug-likeness (QED) is 0.409. The minimum atomic E-state index is -0.444. The van der Waals surface area contributed by atoms with Gasteiger partial charge < -0.3 is 14.6 Å². The van der Waals surface area contributed by atoms with Crippen molar-refractivity contribution >= 4 is 17.6 Å². The van der Waals surface area contributed by atoms with Crippen molar-refractivity contribution in [2.75, 3.05) is 11.9 Å². The van der Waals surface area contributed by atoms with Gasteiger partial charge in [0.25, 0.3) is 5.91 Å². The van der Waals surface area contributed by atoms with Gasteiger partial charge in [0.05, 0.1) is 18.5 Å². The van der Waals surface area contributed by atoms with E-state index in [0.29, 0.717) is 22.5 Å². The molecule has 0 radical (unpaired) electrons. The molecule has 1 heterocycles. The second kappa shape index (κ2) is 8.15. The van der Waals surface area contributed by atoms with Gasteiger partial charge in [-0.2, -0.15) is 0 Å². The van der Waals surface area contributed by atoms with Crippen molar-refractivity contribution in [2.24, 2.45) is 0 Å². The van der Waals surface area contributed by atoms with E-state index in [1.807, 2.05) is 24.3 Å². The van der Waals surface area contributed by atoms with E-state index in [-0.39, 0.29) is 12.5 Å². The molecule has 0 aliphatic heterocycles. The lowest BCUT2D eigenvalue weighted by molar-refractivity contribution is 0.0526. The lowest BCUT2D eigenvalue weighted by atomic mass is 10.0. The summed E-state index contributed by atoms with van der Waals surface area (Å²) >= 11 is 0. The van der Waals surface area contributed by atoms with Crippen LogP contribution in [-0.4, -0.2) is 28.0 Å². The molecule has 1 amide bonds. The number of carbonyl (C=O) groups excluding carboxylic acids is 2. The van der Waals surface area contributed by atoms with E-state index in [2.05, 4.69) is 28.5 Å². The highest BCUT2D eigenvalue weighted by atomic mass is 16.5. The maximum Gasteiger partial charge on any atom is 0.338 e. The van der Waals surface area contributed by atoms with Gasteiger partial charge in [0.1, 0.15) is 0 Å². The second-order valence-electron chi connectivity index (χ2n) is 7.58. The molecule has 4 aromatic rings. The first-order chi connectivity index (χ1) is 15.6. The van der Waals surface area contributed by atoms with E-state index in [4.69, 9.17) is 4.74 Å². The van der Waals surface area contributed by atoms with Crippen molar-refractivity contribution in [1.29, 1.82) is 0 Å². The summed E-state index contributed by atoms with van der Waals surface area (Å²) < 4.78 is 6.94. The van der Waals surface area contributed by atoms with Gasteiger partial charge in [-0.1, -0.05) is 36.4 Å². The number of esters is 1. The van der Waals surface area contributed by atoms with Crippen molar-refractivity contribution < 1.29 is 14.3 Å². The molecule has 1 aliphatic rings. The summed E-state index contributed by atoms with van der Waals surface area (Å²) in [6.07, 6.45) is 5.78. The molecular formula is C26H21N3O3. The molecule has 0 saturated heterocycles. The first kappa shape index (κ1) is 19.8. The fourth-order valence-electron chi connectivity index (χ4n) is 4.14. The number of nitrogens with zero attached hydrogens (tertiary/aromatic N) is 2. The second-order valence-corrected chi connectivity index (χ2v) is 7.58. The summed E-state index contributed by atoms with van der Waals surface area (Å²) in [4.78, 5) is 29.7. The standard InChI is InChI=1S/C26H21N3O3/c1-2-32-26(31)18-12-19(15-20(13-18)29-11-10-27-16-29)28-25(30)23-9-5-8-22-21-7-4-3-6-17(21)14-24(22)23/h3-13,15-16H,2,14H2,1H3,(H,28,30). The van der Waals surface area contributed by atoms with Crippen LogP contribution in [0, 0.1) is 0 Å². The monoisotopic (exact) mass is 423 g/mol. The molecule has 32 heavy (non-hydrogen) atoms. The zero-order valence-corrected chi connectivity index (χ0v) is 17.5. The van der Waals surface area contributed by atoms with Gasteiger partial charge in [-0.3, -0.25) is 4.79 Å². The van der Waals surface area contributed by atoms with Gasteiger partial charge in [0.2, 0.25) is 0 Å². The molecule has 1 aliphatic carbocycles. The van der Waals surface area contributed by atoms with Gasteiger partial charge in [-0.25, -0.2) is 9.78 Å². The molecule has 0 atom stereocenters. The van der Waals surface area contributed by atoms with E-state index >= 15 is 0 Å². The number of amides is 1. The number of imidazole rings is 1. The molecule has 3 aromatic carbocycles. The number of hydrogen-bond acceptors (Lipinski definition) is 4. The molecule has 0 saturated carbocycles. The average molecular weight is 423 g/mol. The SMILES string of the molecule is CCOC(=O)c1cc(NC(=O)c2cccc3c2Cc2ccccc2-3)cc(-n2ccnc2)c1. The van der Waals surface area contributed by atoms with Crippen LogP contribution in [0.3, 0.4) is 0 Å². The zero-order chi connectivity index (χ0) is 22.1. The first-order valence-electron chi connectivity index (χ1n) is 10.5. The maximum absolute atomic E-state index is 13.3. The summed E-state index contributed by atoms with van der Waals surface area (Å²) in [6.45, 7) is 2.03. The minimum absolute atomic E-state index is 0.216. The highest BCUT2D eigenvalue weighted by Crippen LogP contribution is 2.38. The molecule has 5 rings (SSSR count). The number of benzene rings is 3. The predicted octanol–water partition coefficient (Wildman–Crippen LogP) is 4.87. The van der Waals surface area contributed by atoms with Crippen LogP contribution in [0.4, 0.5) is 5.69 Å². The summed E-state index contributed by atoms with van der Waals surface area (Å²) in [5.74, 6) is -0.659. The molecule has 158 valence electrons. The third kappa shape index (κ3) is 3.56. The van der Waals surface area contributed by atoms with Gasteiger partial charge in [-0.05, 0) is 59.9 Å². The van der Waals surface area contributed by atoms with Crippen LogP contribution in [-0.2, 0) is 11.2 Å². The Balaban J connectivity index is 1.49.